The first kappa shape index (κ1) is 73.6. The van der Waals surface area contributed by atoms with Crippen molar-refractivity contribution in [2.75, 3.05) is 26.4 Å². The molecule has 0 aliphatic rings. The molecule has 0 aromatic carbocycles. The van der Waals surface area contributed by atoms with Crippen LogP contribution in [0.15, 0.2) is 158 Å². The summed E-state index contributed by atoms with van der Waals surface area (Å²) in [5.74, 6) is -0.870. The molecule has 0 fully saturated rings. The fraction of sp³-hybridized carbons (Fsp3) is 0.588. The zero-order valence-corrected chi connectivity index (χ0v) is 50.0. The second-order valence-electron chi connectivity index (χ2n) is 19.5. The molecule has 2 atom stereocenters. The van der Waals surface area contributed by atoms with Crippen molar-refractivity contribution in [3.8, 4) is 0 Å². The summed E-state index contributed by atoms with van der Waals surface area (Å²) in [6.45, 7) is 3.56. The molecule has 0 spiro atoms. The number of allylic oxidation sites excluding steroid dienone is 26. The number of hydrogen-bond donors (Lipinski definition) is 2. The summed E-state index contributed by atoms with van der Waals surface area (Å²) in [5.41, 5.74) is 5.38. The van der Waals surface area contributed by atoms with E-state index in [1.807, 2.05) is 0 Å². The van der Waals surface area contributed by atoms with E-state index in [-0.39, 0.29) is 32.6 Å². The topological polar surface area (TPSA) is 134 Å². The van der Waals surface area contributed by atoms with Crippen LogP contribution in [0.3, 0.4) is 0 Å². The second kappa shape index (κ2) is 61.8. The molecule has 0 aromatic heterocycles. The minimum Gasteiger partial charge on any atom is -0.462 e. The average molecular weight is 1100 g/mol. The van der Waals surface area contributed by atoms with Gasteiger partial charge in [0.2, 0.25) is 0 Å². The highest BCUT2D eigenvalue weighted by Gasteiger charge is 2.26. The number of hydrogen-bond acceptors (Lipinski definition) is 8. The van der Waals surface area contributed by atoms with Gasteiger partial charge in [-0.15, -0.1) is 0 Å². The molecule has 0 radical (unpaired) electrons. The number of rotatable bonds is 55. The van der Waals surface area contributed by atoms with E-state index in [2.05, 4.69) is 172 Å². The predicted octanol–water partition coefficient (Wildman–Crippen LogP) is 19.7. The van der Waals surface area contributed by atoms with Crippen LogP contribution in [0, 0.1) is 0 Å². The number of unbranched alkanes of at least 4 members (excludes halogenated alkanes) is 16. The van der Waals surface area contributed by atoms with E-state index in [9.17, 15) is 19.0 Å². The maximum Gasteiger partial charge on any atom is 0.472 e. The largest absolute Gasteiger partial charge is 0.472 e. The summed E-state index contributed by atoms with van der Waals surface area (Å²) >= 11 is 0. The first-order chi connectivity index (χ1) is 38.3. The van der Waals surface area contributed by atoms with Gasteiger partial charge in [0.05, 0.1) is 13.2 Å². The molecule has 2 unspecified atom stereocenters. The first-order valence-electron chi connectivity index (χ1n) is 30.5. The summed E-state index contributed by atoms with van der Waals surface area (Å²) in [4.78, 5) is 35.2. The lowest BCUT2D eigenvalue weighted by atomic mass is 10.1. The Labute approximate surface area is 477 Å². The van der Waals surface area contributed by atoms with Gasteiger partial charge in [-0.25, -0.2) is 4.57 Å². The Morgan fingerprint density at radius 2 is 0.705 bits per heavy atom. The maximum absolute atomic E-state index is 12.7. The van der Waals surface area contributed by atoms with Crippen LogP contribution in [0.1, 0.15) is 226 Å². The van der Waals surface area contributed by atoms with Crippen LogP contribution in [0.25, 0.3) is 0 Å². The molecule has 9 nitrogen and oxygen atoms in total. The van der Waals surface area contributed by atoms with Crippen molar-refractivity contribution in [3.05, 3.63) is 158 Å². The number of carbonyl (C=O) groups is 2. The van der Waals surface area contributed by atoms with Gasteiger partial charge in [0, 0.05) is 19.4 Å². The van der Waals surface area contributed by atoms with Gasteiger partial charge >= 0.3 is 19.8 Å². The molecule has 0 saturated heterocycles. The van der Waals surface area contributed by atoms with Gasteiger partial charge in [-0.1, -0.05) is 242 Å². The molecule has 0 aliphatic heterocycles. The van der Waals surface area contributed by atoms with Crippen LogP contribution in [0.4, 0.5) is 0 Å². The summed E-state index contributed by atoms with van der Waals surface area (Å²) in [5, 5.41) is 0. The molecule has 0 bridgehead atoms. The highest BCUT2D eigenvalue weighted by Crippen LogP contribution is 2.43. The molecule has 0 saturated carbocycles. The van der Waals surface area contributed by atoms with Gasteiger partial charge in [0.25, 0.3) is 0 Å². The first-order valence-corrected chi connectivity index (χ1v) is 32.0. The smallest absolute Gasteiger partial charge is 0.462 e. The zero-order chi connectivity index (χ0) is 56.6. The van der Waals surface area contributed by atoms with E-state index in [0.29, 0.717) is 12.8 Å². The molecule has 0 heterocycles. The monoisotopic (exact) mass is 1100 g/mol. The summed E-state index contributed by atoms with van der Waals surface area (Å²) < 4.78 is 33.0. The van der Waals surface area contributed by atoms with Crippen molar-refractivity contribution >= 4 is 19.8 Å². The van der Waals surface area contributed by atoms with Crippen LogP contribution in [-0.2, 0) is 32.7 Å². The van der Waals surface area contributed by atoms with Crippen LogP contribution in [0.5, 0.6) is 0 Å². The lowest BCUT2D eigenvalue weighted by Crippen LogP contribution is -2.29. The summed E-state index contributed by atoms with van der Waals surface area (Å²) in [7, 11) is -4.41. The molecule has 0 rings (SSSR count). The highest BCUT2D eigenvalue weighted by molar-refractivity contribution is 7.47. The van der Waals surface area contributed by atoms with Crippen molar-refractivity contribution in [1.29, 1.82) is 0 Å². The van der Waals surface area contributed by atoms with Gasteiger partial charge in [0.1, 0.15) is 6.61 Å². The van der Waals surface area contributed by atoms with Gasteiger partial charge in [-0.05, 0) is 128 Å². The number of carbonyl (C=O) groups excluding carboxylic acids is 2. The third-order valence-electron chi connectivity index (χ3n) is 12.1. The molecule has 0 amide bonds. The second-order valence-corrected chi connectivity index (χ2v) is 20.9. The molecule has 3 N–H and O–H groups in total. The Hall–Kier alpha value is -4.37. The van der Waals surface area contributed by atoms with E-state index < -0.39 is 32.5 Å². The number of phosphoric acid groups is 1. The summed E-state index contributed by atoms with van der Waals surface area (Å²) in [6.07, 6.45) is 90.1. The Balaban J connectivity index is 4.07. The Kier molecular flexibility index (Phi) is 58.4. The molecule has 78 heavy (non-hydrogen) atoms. The fourth-order valence-corrected chi connectivity index (χ4v) is 8.43. The number of ether oxygens (including phenoxy) is 2. The summed E-state index contributed by atoms with van der Waals surface area (Å²) in [6, 6.07) is 0. The minimum atomic E-state index is -4.41. The molecule has 0 aromatic rings. The van der Waals surface area contributed by atoms with Crippen molar-refractivity contribution in [2.45, 2.75) is 232 Å². The third-order valence-corrected chi connectivity index (χ3v) is 13.1. The van der Waals surface area contributed by atoms with Gasteiger partial charge in [-0.3, -0.25) is 18.6 Å². The molecule has 10 heteroatoms. The molecular formula is C68H110NO8P. The average Bonchev–Trinajstić information content (AvgIpc) is 3.43. The van der Waals surface area contributed by atoms with Gasteiger partial charge < -0.3 is 20.1 Å². The quantitative estimate of drug-likeness (QED) is 0.0264. The number of phosphoric ester groups is 1. The van der Waals surface area contributed by atoms with Crippen molar-refractivity contribution < 1.29 is 37.6 Å². The van der Waals surface area contributed by atoms with E-state index in [4.69, 9.17) is 24.3 Å². The van der Waals surface area contributed by atoms with Gasteiger partial charge in [0.15, 0.2) is 6.10 Å². The van der Waals surface area contributed by atoms with E-state index in [0.717, 1.165) is 135 Å². The van der Waals surface area contributed by atoms with E-state index in [1.54, 1.807) is 0 Å². The maximum atomic E-state index is 12.7. The zero-order valence-electron chi connectivity index (χ0n) is 49.1. The lowest BCUT2D eigenvalue weighted by Gasteiger charge is -2.19. The Morgan fingerprint density at radius 3 is 1.05 bits per heavy atom. The predicted molar refractivity (Wildman–Crippen MR) is 334 cm³/mol. The Morgan fingerprint density at radius 1 is 0.397 bits per heavy atom. The standard InChI is InChI=1S/C68H110NO8P/c1-3-5-7-9-11-13-15-17-19-21-23-24-25-26-27-28-29-30-31-32-33-34-35-36-37-38-39-40-41-42-43-45-47-49-51-53-55-57-59-61-68(71)77-66(65-76-78(72,73)75-63-62-69)64-74-67(70)60-58-56-54-52-50-48-46-44-22-20-18-16-14-12-10-8-6-4-2/h5,7,11,13-14,16-17,19-20,22-24,26-27,29-30,32-33,35-36,38-39,41-42,45,47,66H,3-4,6,8-10,12,15,18,21,25,28,31,34,37,40,43-44,46,48-65,69H2,1-2H3,(H,72,73)/b7-5-,13-11-,16-14-,19-17-,22-20-,24-23-,27-26-,30-29-,33-32-,36-35-,39-38-,42-41-,47-45-. The third kappa shape index (κ3) is 60.9. The lowest BCUT2D eigenvalue weighted by molar-refractivity contribution is -0.161. The van der Waals surface area contributed by atoms with Crippen LogP contribution in [0.2, 0.25) is 0 Å². The normalized spacial score (nSPS) is 14.2. The van der Waals surface area contributed by atoms with Crippen LogP contribution < -0.4 is 5.73 Å². The molecular weight excluding hydrogens is 990 g/mol. The highest BCUT2D eigenvalue weighted by atomic mass is 31.2. The molecule has 0 aliphatic carbocycles. The number of nitrogens with two attached hydrogens (primary N) is 1. The fourth-order valence-electron chi connectivity index (χ4n) is 7.67. The van der Waals surface area contributed by atoms with E-state index in [1.165, 1.54) is 51.4 Å². The minimum absolute atomic E-state index is 0.0405. The SMILES string of the molecule is CC/C=C\C/C=C\C/C=C\C/C=C\C/C=C\C/C=C\C/C=C\C/C=C\C/C=C\C/C=C\C/C=C\CCCCCCCC(=O)OC(COC(=O)CCCCCCCCC/C=C\C/C=C\CCCCCC)COP(=O)(O)OCCN. The van der Waals surface area contributed by atoms with Crippen LogP contribution >= 0.6 is 7.82 Å². The van der Waals surface area contributed by atoms with Crippen molar-refractivity contribution in [2.24, 2.45) is 5.73 Å². The van der Waals surface area contributed by atoms with E-state index >= 15 is 0 Å². The Bertz CT molecular complexity index is 1830. The molecule has 440 valence electrons. The van der Waals surface area contributed by atoms with Crippen molar-refractivity contribution in [3.63, 3.8) is 0 Å². The van der Waals surface area contributed by atoms with Crippen molar-refractivity contribution in [1.82, 2.24) is 0 Å². The number of esters is 2. The van der Waals surface area contributed by atoms with Gasteiger partial charge in [-0.2, -0.15) is 0 Å². The van der Waals surface area contributed by atoms with Crippen LogP contribution in [-0.4, -0.2) is 49.3 Å².